The molecule has 2 rings (SSSR count). The Hall–Kier alpha value is -2.67. The van der Waals surface area contributed by atoms with E-state index in [2.05, 4.69) is 20.6 Å². The van der Waals surface area contributed by atoms with Crippen molar-refractivity contribution in [3.05, 3.63) is 41.7 Å². The molecule has 1 heterocycles. The number of esters is 1. The molecule has 1 aromatic carbocycles. The molecule has 23 heavy (non-hydrogen) atoms. The molecule has 0 unspecified atom stereocenters. The highest BCUT2D eigenvalue weighted by Crippen LogP contribution is 2.21. The van der Waals surface area contributed by atoms with Crippen LogP contribution in [0.25, 0.3) is 0 Å². The van der Waals surface area contributed by atoms with Crippen molar-refractivity contribution in [1.82, 2.24) is 9.97 Å². The Balaban J connectivity index is 2.21. The first-order valence-electron chi connectivity index (χ1n) is 7.17. The van der Waals surface area contributed by atoms with Gasteiger partial charge in [0.15, 0.2) is 0 Å². The average molecular weight is 316 g/mol. The zero-order chi connectivity index (χ0) is 16.7. The Morgan fingerprint density at radius 1 is 1.17 bits per heavy atom. The molecule has 1 aromatic heterocycles. The first kappa shape index (κ1) is 16.7. The van der Waals surface area contributed by atoms with Crippen molar-refractivity contribution < 1.29 is 14.3 Å². The van der Waals surface area contributed by atoms with Gasteiger partial charge in [-0.3, -0.25) is 0 Å². The van der Waals surface area contributed by atoms with E-state index in [0.717, 1.165) is 0 Å². The molecule has 2 aromatic rings. The SMILES string of the molecule is COCCNc1cc(Nc2ccccc2C(=O)OC)nc(C)n1. The number of ether oxygens (including phenoxy) is 2. The standard InChI is InChI=1S/C16H20N4O3/c1-11-18-14(17-8-9-22-2)10-15(19-11)20-13-7-5-4-6-12(13)16(21)23-3/h4-7,10H,8-9H2,1-3H3,(H2,17,18,19,20). The molecular weight excluding hydrogens is 296 g/mol. The quantitative estimate of drug-likeness (QED) is 0.599. The summed E-state index contributed by atoms with van der Waals surface area (Å²) in [4.78, 5) is 20.5. The molecule has 0 fully saturated rings. The number of hydrogen-bond acceptors (Lipinski definition) is 7. The lowest BCUT2D eigenvalue weighted by Gasteiger charge is -2.12. The van der Waals surface area contributed by atoms with E-state index in [-0.39, 0.29) is 0 Å². The minimum Gasteiger partial charge on any atom is -0.465 e. The van der Waals surface area contributed by atoms with Crippen molar-refractivity contribution in [2.24, 2.45) is 0 Å². The molecule has 0 radical (unpaired) electrons. The molecule has 0 saturated heterocycles. The first-order chi connectivity index (χ1) is 11.1. The third-order valence-electron chi connectivity index (χ3n) is 3.05. The van der Waals surface area contributed by atoms with Gasteiger partial charge < -0.3 is 20.1 Å². The molecule has 0 bridgehead atoms. The van der Waals surface area contributed by atoms with Crippen LogP contribution in [0.5, 0.6) is 0 Å². The fourth-order valence-corrected chi connectivity index (χ4v) is 2.02. The number of anilines is 3. The molecule has 0 aliphatic carbocycles. The van der Waals surface area contributed by atoms with Crippen LogP contribution in [0.3, 0.4) is 0 Å². The number of carbonyl (C=O) groups excluding carboxylic acids is 1. The van der Waals surface area contributed by atoms with E-state index in [1.165, 1.54) is 7.11 Å². The average Bonchev–Trinajstić information content (AvgIpc) is 2.54. The number of methoxy groups -OCH3 is 2. The number of nitrogens with one attached hydrogen (secondary N) is 2. The molecular formula is C16H20N4O3. The Morgan fingerprint density at radius 2 is 1.91 bits per heavy atom. The molecule has 7 heteroatoms. The fraction of sp³-hybridized carbons (Fsp3) is 0.312. The van der Waals surface area contributed by atoms with Crippen molar-refractivity contribution >= 4 is 23.3 Å². The number of aromatic nitrogens is 2. The summed E-state index contributed by atoms with van der Waals surface area (Å²) in [7, 11) is 3.00. The summed E-state index contributed by atoms with van der Waals surface area (Å²) in [5.41, 5.74) is 1.07. The minimum atomic E-state index is -0.405. The zero-order valence-electron chi connectivity index (χ0n) is 13.4. The van der Waals surface area contributed by atoms with Crippen LogP contribution in [0.15, 0.2) is 30.3 Å². The van der Waals surface area contributed by atoms with Crippen LogP contribution in [-0.2, 0) is 9.47 Å². The predicted octanol–water partition coefficient (Wildman–Crippen LogP) is 2.37. The number of para-hydroxylation sites is 1. The van der Waals surface area contributed by atoms with Crippen LogP contribution in [0, 0.1) is 6.92 Å². The summed E-state index contributed by atoms with van der Waals surface area (Å²) in [5, 5.41) is 6.29. The van der Waals surface area contributed by atoms with Gasteiger partial charge in [0.1, 0.15) is 17.5 Å². The van der Waals surface area contributed by atoms with E-state index in [1.807, 2.05) is 6.07 Å². The van der Waals surface area contributed by atoms with Crippen LogP contribution >= 0.6 is 0 Å². The Bertz CT molecular complexity index is 676. The van der Waals surface area contributed by atoms with E-state index in [9.17, 15) is 4.79 Å². The summed E-state index contributed by atoms with van der Waals surface area (Å²) < 4.78 is 9.79. The number of carbonyl (C=O) groups is 1. The number of aryl methyl sites for hydroxylation is 1. The van der Waals surface area contributed by atoms with Gasteiger partial charge in [-0.1, -0.05) is 12.1 Å². The van der Waals surface area contributed by atoms with Crippen LogP contribution in [0.4, 0.5) is 17.3 Å². The second kappa shape index (κ2) is 8.09. The monoisotopic (exact) mass is 316 g/mol. The number of benzene rings is 1. The van der Waals surface area contributed by atoms with Crippen molar-refractivity contribution in [3.63, 3.8) is 0 Å². The molecule has 0 aliphatic rings. The third-order valence-corrected chi connectivity index (χ3v) is 3.05. The van der Waals surface area contributed by atoms with Crippen LogP contribution < -0.4 is 10.6 Å². The highest BCUT2D eigenvalue weighted by Gasteiger charge is 2.12. The highest BCUT2D eigenvalue weighted by atomic mass is 16.5. The smallest absolute Gasteiger partial charge is 0.339 e. The Labute approximate surface area is 135 Å². The maximum atomic E-state index is 11.8. The molecule has 0 saturated carbocycles. The fourth-order valence-electron chi connectivity index (χ4n) is 2.02. The van der Waals surface area contributed by atoms with E-state index in [4.69, 9.17) is 9.47 Å². The predicted molar refractivity (Wildman–Crippen MR) is 88.2 cm³/mol. The second-order valence-electron chi connectivity index (χ2n) is 4.77. The molecule has 2 N–H and O–H groups in total. The van der Waals surface area contributed by atoms with Crippen LogP contribution in [-0.4, -0.2) is 43.3 Å². The minimum absolute atomic E-state index is 0.405. The summed E-state index contributed by atoms with van der Waals surface area (Å²) in [6.45, 7) is 3.03. The molecule has 0 atom stereocenters. The Kier molecular flexibility index (Phi) is 5.87. The molecule has 122 valence electrons. The normalized spacial score (nSPS) is 10.2. The molecule has 0 aliphatic heterocycles. The largest absolute Gasteiger partial charge is 0.465 e. The van der Waals surface area contributed by atoms with Gasteiger partial charge in [-0.05, 0) is 19.1 Å². The maximum Gasteiger partial charge on any atom is 0.339 e. The van der Waals surface area contributed by atoms with Crippen LogP contribution in [0.2, 0.25) is 0 Å². The van der Waals surface area contributed by atoms with Crippen molar-refractivity contribution in [1.29, 1.82) is 0 Å². The second-order valence-corrected chi connectivity index (χ2v) is 4.77. The Morgan fingerprint density at radius 3 is 2.65 bits per heavy atom. The zero-order valence-corrected chi connectivity index (χ0v) is 13.4. The van der Waals surface area contributed by atoms with E-state index < -0.39 is 5.97 Å². The van der Waals surface area contributed by atoms with Crippen molar-refractivity contribution in [2.45, 2.75) is 6.92 Å². The van der Waals surface area contributed by atoms with Gasteiger partial charge in [0.05, 0.1) is 25.0 Å². The van der Waals surface area contributed by atoms with Crippen molar-refractivity contribution in [2.75, 3.05) is 38.0 Å². The van der Waals surface area contributed by atoms with Gasteiger partial charge >= 0.3 is 5.97 Å². The van der Waals surface area contributed by atoms with E-state index in [1.54, 1.807) is 38.3 Å². The number of rotatable bonds is 7. The van der Waals surface area contributed by atoms with Crippen molar-refractivity contribution in [3.8, 4) is 0 Å². The number of nitrogens with zero attached hydrogens (tertiary/aromatic N) is 2. The number of hydrogen-bond donors (Lipinski definition) is 2. The van der Waals surface area contributed by atoms with Gasteiger partial charge in [-0.15, -0.1) is 0 Å². The molecule has 0 spiro atoms. The highest BCUT2D eigenvalue weighted by molar-refractivity contribution is 5.96. The molecule has 0 amide bonds. The van der Waals surface area contributed by atoms with Gasteiger partial charge in [0.2, 0.25) is 0 Å². The lowest BCUT2D eigenvalue weighted by molar-refractivity contribution is 0.0602. The van der Waals surface area contributed by atoms with Crippen LogP contribution in [0.1, 0.15) is 16.2 Å². The molecule has 7 nitrogen and oxygen atoms in total. The summed E-state index contributed by atoms with van der Waals surface area (Å²) >= 11 is 0. The summed E-state index contributed by atoms with van der Waals surface area (Å²) in [5.74, 6) is 1.49. The topological polar surface area (TPSA) is 85.4 Å². The maximum absolute atomic E-state index is 11.8. The lowest BCUT2D eigenvalue weighted by Crippen LogP contribution is -2.11. The summed E-state index contributed by atoms with van der Waals surface area (Å²) in [6, 6.07) is 8.87. The van der Waals surface area contributed by atoms with Gasteiger partial charge in [-0.25, -0.2) is 14.8 Å². The van der Waals surface area contributed by atoms with E-state index >= 15 is 0 Å². The van der Waals surface area contributed by atoms with Gasteiger partial charge in [0.25, 0.3) is 0 Å². The van der Waals surface area contributed by atoms with Gasteiger partial charge in [-0.2, -0.15) is 0 Å². The summed E-state index contributed by atoms with van der Waals surface area (Å²) in [6.07, 6.45) is 0. The third kappa shape index (κ3) is 4.65. The van der Waals surface area contributed by atoms with E-state index in [0.29, 0.717) is 41.9 Å². The van der Waals surface area contributed by atoms with Gasteiger partial charge in [0, 0.05) is 19.7 Å². The lowest BCUT2D eigenvalue weighted by atomic mass is 10.2. The first-order valence-corrected chi connectivity index (χ1v) is 7.17.